The van der Waals surface area contributed by atoms with Crippen LogP contribution in [0, 0.1) is 6.92 Å². The smallest absolute Gasteiger partial charge is 0.0426 e. The van der Waals surface area contributed by atoms with Gasteiger partial charge in [0.1, 0.15) is 0 Å². The lowest BCUT2D eigenvalue weighted by Gasteiger charge is -2.13. The Bertz CT molecular complexity index is 528. The number of aryl methyl sites for hydroxylation is 1. The van der Waals surface area contributed by atoms with E-state index in [0.29, 0.717) is 5.69 Å². The molecule has 94 valence electrons. The van der Waals surface area contributed by atoms with Crippen LogP contribution in [0.4, 0.5) is 5.69 Å². The minimum atomic E-state index is -0.0933. The van der Waals surface area contributed by atoms with E-state index in [1.54, 1.807) is 30.2 Å². The number of anilines is 1. The number of benzene rings is 1. The fourth-order valence-electron chi connectivity index (χ4n) is 1.71. The molecule has 0 spiro atoms. The number of pyridine rings is 1. The van der Waals surface area contributed by atoms with Crippen molar-refractivity contribution in [3.05, 3.63) is 53.9 Å². The molecule has 2 aromatic rings. The SMILES string of the molecule is Cc1cccc(SCC(N)c2cnccc2N)c1. The summed E-state index contributed by atoms with van der Waals surface area (Å²) in [5, 5.41) is 0. The molecule has 0 saturated heterocycles. The molecule has 0 saturated carbocycles. The summed E-state index contributed by atoms with van der Waals surface area (Å²) in [5.41, 5.74) is 14.9. The Balaban J connectivity index is 2.00. The molecular formula is C14H17N3S. The maximum atomic E-state index is 6.14. The van der Waals surface area contributed by atoms with Crippen molar-refractivity contribution in [2.45, 2.75) is 17.9 Å². The summed E-state index contributed by atoms with van der Waals surface area (Å²) in [5.74, 6) is 0.791. The molecule has 1 aromatic carbocycles. The van der Waals surface area contributed by atoms with Crippen LogP contribution in [0.1, 0.15) is 17.2 Å². The normalized spacial score (nSPS) is 12.3. The van der Waals surface area contributed by atoms with Crippen molar-refractivity contribution in [3.63, 3.8) is 0 Å². The Hall–Kier alpha value is -1.52. The fraction of sp³-hybridized carbons (Fsp3) is 0.214. The van der Waals surface area contributed by atoms with Gasteiger partial charge in [0.05, 0.1) is 0 Å². The third-order valence-corrected chi connectivity index (χ3v) is 3.82. The lowest BCUT2D eigenvalue weighted by Crippen LogP contribution is -2.15. The molecule has 0 fully saturated rings. The van der Waals surface area contributed by atoms with Crippen LogP contribution in [-0.2, 0) is 0 Å². The Morgan fingerprint density at radius 1 is 1.33 bits per heavy atom. The summed E-state index contributed by atoms with van der Waals surface area (Å²) in [7, 11) is 0. The molecule has 3 nitrogen and oxygen atoms in total. The minimum Gasteiger partial charge on any atom is -0.398 e. The molecule has 2 rings (SSSR count). The molecule has 1 atom stereocenters. The summed E-state index contributed by atoms with van der Waals surface area (Å²) in [6.07, 6.45) is 3.43. The standard InChI is InChI=1S/C14H17N3S/c1-10-3-2-4-11(7-10)18-9-14(16)12-8-17-6-5-13(12)15/h2-8,14H,9,16H2,1H3,(H2,15,17). The van der Waals surface area contributed by atoms with Crippen LogP contribution in [0.5, 0.6) is 0 Å². The van der Waals surface area contributed by atoms with E-state index < -0.39 is 0 Å². The zero-order valence-electron chi connectivity index (χ0n) is 10.3. The molecule has 4 heteroatoms. The Labute approximate surface area is 112 Å². The average Bonchev–Trinajstić information content (AvgIpc) is 2.37. The maximum absolute atomic E-state index is 6.14. The average molecular weight is 259 g/mol. The topological polar surface area (TPSA) is 64.9 Å². The van der Waals surface area contributed by atoms with Gasteiger partial charge in [-0.05, 0) is 25.1 Å². The number of nitrogen functional groups attached to an aromatic ring is 1. The van der Waals surface area contributed by atoms with E-state index in [1.807, 2.05) is 0 Å². The third-order valence-electron chi connectivity index (χ3n) is 2.71. The number of hydrogen-bond donors (Lipinski definition) is 2. The molecule has 0 aliphatic rings. The Morgan fingerprint density at radius 2 is 2.17 bits per heavy atom. The van der Waals surface area contributed by atoms with E-state index in [1.165, 1.54) is 10.5 Å². The van der Waals surface area contributed by atoms with Crippen LogP contribution in [0.15, 0.2) is 47.6 Å². The predicted octanol–water partition coefficient (Wildman–Crippen LogP) is 2.76. The van der Waals surface area contributed by atoms with Crippen LogP contribution < -0.4 is 11.5 Å². The number of thioether (sulfide) groups is 1. The van der Waals surface area contributed by atoms with Gasteiger partial charge in [-0.3, -0.25) is 4.98 Å². The number of nitrogens with zero attached hydrogens (tertiary/aromatic N) is 1. The lowest BCUT2D eigenvalue weighted by atomic mass is 10.1. The molecule has 0 radical (unpaired) electrons. The number of aromatic nitrogens is 1. The van der Waals surface area contributed by atoms with Gasteiger partial charge in [0.15, 0.2) is 0 Å². The summed E-state index contributed by atoms with van der Waals surface area (Å²) < 4.78 is 0. The van der Waals surface area contributed by atoms with E-state index in [2.05, 4.69) is 36.2 Å². The third kappa shape index (κ3) is 3.24. The van der Waals surface area contributed by atoms with Gasteiger partial charge in [0.25, 0.3) is 0 Å². The van der Waals surface area contributed by atoms with Gasteiger partial charge in [-0.1, -0.05) is 17.7 Å². The zero-order chi connectivity index (χ0) is 13.0. The molecule has 0 aliphatic heterocycles. The highest BCUT2D eigenvalue weighted by Gasteiger charge is 2.10. The summed E-state index contributed by atoms with van der Waals surface area (Å²) >= 11 is 1.74. The highest BCUT2D eigenvalue weighted by Crippen LogP contribution is 2.25. The van der Waals surface area contributed by atoms with Crippen molar-refractivity contribution in [3.8, 4) is 0 Å². The van der Waals surface area contributed by atoms with Crippen molar-refractivity contribution in [1.82, 2.24) is 4.98 Å². The molecule has 0 aliphatic carbocycles. The van der Waals surface area contributed by atoms with Crippen LogP contribution in [0.2, 0.25) is 0 Å². The highest BCUT2D eigenvalue weighted by molar-refractivity contribution is 7.99. The van der Waals surface area contributed by atoms with Crippen molar-refractivity contribution in [1.29, 1.82) is 0 Å². The molecule has 4 N–H and O–H groups in total. The molecule has 1 heterocycles. The number of rotatable bonds is 4. The van der Waals surface area contributed by atoms with Crippen molar-refractivity contribution >= 4 is 17.4 Å². The van der Waals surface area contributed by atoms with Crippen LogP contribution in [0.25, 0.3) is 0 Å². The van der Waals surface area contributed by atoms with Crippen LogP contribution >= 0.6 is 11.8 Å². The van der Waals surface area contributed by atoms with Gasteiger partial charge in [-0.25, -0.2) is 0 Å². The summed E-state index contributed by atoms with van der Waals surface area (Å²) in [6, 6.07) is 10.1. The number of nitrogens with two attached hydrogens (primary N) is 2. The Kier molecular flexibility index (Phi) is 4.23. The quantitative estimate of drug-likeness (QED) is 0.829. The van der Waals surface area contributed by atoms with E-state index in [9.17, 15) is 0 Å². The second-order valence-electron chi connectivity index (χ2n) is 4.24. The van der Waals surface area contributed by atoms with Crippen molar-refractivity contribution < 1.29 is 0 Å². The van der Waals surface area contributed by atoms with Crippen LogP contribution in [0.3, 0.4) is 0 Å². The minimum absolute atomic E-state index is 0.0933. The van der Waals surface area contributed by atoms with E-state index in [0.717, 1.165) is 11.3 Å². The lowest BCUT2D eigenvalue weighted by molar-refractivity contribution is 0.827. The van der Waals surface area contributed by atoms with Gasteiger partial charge in [0, 0.05) is 40.3 Å². The van der Waals surface area contributed by atoms with Crippen LogP contribution in [-0.4, -0.2) is 10.7 Å². The zero-order valence-corrected chi connectivity index (χ0v) is 11.2. The second kappa shape index (κ2) is 5.89. The highest BCUT2D eigenvalue weighted by atomic mass is 32.2. The second-order valence-corrected chi connectivity index (χ2v) is 5.33. The maximum Gasteiger partial charge on any atom is 0.0426 e. The molecule has 0 bridgehead atoms. The largest absolute Gasteiger partial charge is 0.398 e. The Morgan fingerprint density at radius 3 is 2.89 bits per heavy atom. The first kappa shape index (κ1) is 12.9. The molecule has 1 aromatic heterocycles. The summed E-state index contributed by atoms with van der Waals surface area (Å²) in [6.45, 7) is 2.09. The van der Waals surface area contributed by atoms with E-state index in [-0.39, 0.29) is 6.04 Å². The van der Waals surface area contributed by atoms with E-state index in [4.69, 9.17) is 11.5 Å². The van der Waals surface area contributed by atoms with Crippen molar-refractivity contribution in [2.75, 3.05) is 11.5 Å². The monoisotopic (exact) mass is 259 g/mol. The first-order valence-electron chi connectivity index (χ1n) is 5.81. The van der Waals surface area contributed by atoms with E-state index >= 15 is 0 Å². The van der Waals surface area contributed by atoms with Gasteiger partial charge in [-0.2, -0.15) is 0 Å². The van der Waals surface area contributed by atoms with Gasteiger partial charge >= 0.3 is 0 Å². The number of hydrogen-bond acceptors (Lipinski definition) is 4. The first-order chi connectivity index (χ1) is 8.66. The fourth-order valence-corrected chi connectivity index (χ4v) is 2.70. The van der Waals surface area contributed by atoms with Gasteiger partial charge in [-0.15, -0.1) is 11.8 Å². The molecule has 1 unspecified atom stereocenters. The summed E-state index contributed by atoms with van der Waals surface area (Å²) in [4.78, 5) is 5.30. The first-order valence-corrected chi connectivity index (χ1v) is 6.80. The van der Waals surface area contributed by atoms with Gasteiger partial charge < -0.3 is 11.5 Å². The molecule has 0 amide bonds. The van der Waals surface area contributed by atoms with Gasteiger partial charge in [0.2, 0.25) is 0 Å². The predicted molar refractivity (Wildman–Crippen MR) is 77.5 cm³/mol. The molecule has 18 heavy (non-hydrogen) atoms. The molecular weight excluding hydrogens is 242 g/mol. The van der Waals surface area contributed by atoms with Crippen molar-refractivity contribution in [2.24, 2.45) is 5.73 Å².